The van der Waals surface area contributed by atoms with E-state index in [0.29, 0.717) is 10.2 Å². The van der Waals surface area contributed by atoms with E-state index in [0.717, 1.165) is 5.69 Å². The van der Waals surface area contributed by atoms with Crippen molar-refractivity contribution in [3.63, 3.8) is 0 Å². The van der Waals surface area contributed by atoms with Crippen molar-refractivity contribution in [2.45, 2.75) is 6.92 Å². The lowest BCUT2D eigenvalue weighted by molar-refractivity contribution is 0.0599. The predicted octanol–water partition coefficient (Wildman–Crippen LogP) is 1.94. The summed E-state index contributed by atoms with van der Waals surface area (Å²) in [6.07, 6.45) is 0. The summed E-state index contributed by atoms with van der Waals surface area (Å²) in [7, 11) is 1.34. The van der Waals surface area contributed by atoms with E-state index in [1.165, 1.54) is 7.11 Å². The molecule has 0 aliphatic carbocycles. The number of carbonyl (C=O) groups is 1. The smallest absolute Gasteiger partial charge is 0.340 e. The number of ether oxygens (including phenoxy) is 1. The van der Waals surface area contributed by atoms with Crippen LogP contribution in [0.1, 0.15) is 16.1 Å². The van der Waals surface area contributed by atoms with Gasteiger partial charge in [0.05, 0.1) is 12.7 Å². The average Bonchev–Trinajstić information content (AvgIpc) is 2.03. The lowest BCUT2D eigenvalue weighted by Gasteiger charge is -2.01. The van der Waals surface area contributed by atoms with Gasteiger partial charge in [0.15, 0.2) is 0 Å². The van der Waals surface area contributed by atoms with Crippen LogP contribution in [0.2, 0.25) is 0 Å². The number of esters is 1. The molecule has 0 atom stereocenters. The highest BCUT2D eigenvalue weighted by molar-refractivity contribution is 9.10. The molecule has 0 aliphatic heterocycles. The van der Waals surface area contributed by atoms with Crippen LogP contribution in [0.5, 0.6) is 0 Å². The van der Waals surface area contributed by atoms with E-state index in [-0.39, 0.29) is 5.97 Å². The summed E-state index contributed by atoms with van der Waals surface area (Å²) in [5.41, 5.74) is 1.30. The minimum atomic E-state index is -0.380. The SMILES string of the molecule is COC(=O)c1ccc(C)nc1Br. The zero-order valence-corrected chi connectivity index (χ0v) is 8.38. The van der Waals surface area contributed by atoms with Crippen LogP contribution in [0.15, 0.2) is 16.7 Å². The van der Waals surface area contributed by atoms with E-state index in [4.69, 9.17) is 0 Å². The van der Waals surface area contributed by atoms with Gasteiger partial charge in [-0.05, 0) is 35.0 Å². The summed E-state index contributed by atoms with van der Waals surface area (Å²) in [5, 5.41) is 0. The Hall–Kier alpha value is -0.900. The van der Waals surface area contributed by atoms with Crippen LogP contribution in [0.25, 0.3) is 0 Å². The van der Waals surface area contributed by atoms with Crippen LogP contribution in [-0.2, 0) is 4.74 Å². The highest BCUT2D eigenvalue weighted by Crippen LogP contribution is 2.14. The van der Waals surface area contributed by atoms with Gasteiger partial charge >= 0.3 is 5.97 Å². The fraction of sp³-hybridized carbons (Fsp3) is 0.250. The molecule has 12 heavy (non-hydrogen) atoms. The first-order valence-corrected chi connectivity index (χ1v) is 4.16. The molecule has 0 aliphatic rings. The van der Waals surface area contributed by atoms with Gasteiger partial charge < -0.3 is 4.74 Å². The Morgan fingerprint density at radius 3 is 2.75 bits per heavy atom. The first-order chi connectivity index (χ1) is 5.65. The number of hydrogen-bond donors (Lipinski definition) is 0. The number of carbonyl (C=O) groups excluding carboxylic acids is 1. The molecule has 0 N–H and O–H groups in total. The summed E-state index contributed by atoms with van der Waals surface area (Å²) >= 11 is 3.18. The molecule has 0 saturated carbocycles. The molecular weight excluding hydrogens is 222 g/mol. The van der Waals surface area contributed by atoms with Gasteiger partial charge in [-0.3, -0.25) is 0 Å². The molecule has 1 aromatic heterocycles. The molecule has 0 amide bonds. The zero-order chi connectivity index (χ0) is 9.14. The van der Waals surface area contributed by atoms with Crippen molar-refractivity contribution in [2.75, 3.05) is 7.11 Å². The lowest BCUT2D eigenvalue weighted by Crippen LogP contribution is -2.03. The fourth-order valence-electron chi connectivity index (χ4n) is 0.787. The number of methoxy groups -OCH3 is 1. The van der Waals surface area contributed by atoms with Crippen molar-refractivity contribution >= 4 is 21.9 Å². The van der Waals surface area contributed by atoms with Gasteiger partial charge in [-0.2, -0.15) is 0 Å². The van der Waals surface area contributed by atoms with Crippen molar-refractivity contribution in [1.82, 2.24) is 4.98 Å². The molecular formula is C8H8BrNO2. The first-order valence-electron chi connectivity index (χ1n) is 3.36. The van der Waals surface area contributed by atoms with Crippen molar-refractivity contribution in [2.24, 2.45) is 0 Å². The highest BCUT2D eigenvalue weighted by atomic mass is 79.9. The van der Waals surface area contributed by atoms with E-state index in [1.807, 2.05) is 6.92 Å². The Balaban J connectivity index is 3.09. The number of pyridine rings is 1. The molecule has 0 fully saturated rings. The molecule has 0 spiro atoms. The summed E-state index contributed by atoms with van der Waals surface area (Å²) in [6, 6.07) is 3.44. The maximum absolute atomic E-state index is 11.1. The van der Waals surface area contributed by atoms with Gasteiger partial charge in [-0.1, -0.05) is 0 Å². The van der Waals surface area contributed by atoms with Crippen molar-refractivity contribution < 1.29 is 9.53 Å². The molecule has 3 nitrogen and oxygen atoms in total. The topological polar surface area (TPSA) is 39.2 Å². The van der Waals surface area contributed by atoms with Crippen molar-refractivity contribution in [1.29, 1.82) is 0 Å². The van der Waals surface area contributed by atoms with Gasteiger partial charge in [0, 0.05) is 5.69 Å². The summed E-state index contributed by atoms with van der Waals surface area (Å²) in [5.74, 6) is -0.380. The molecule has 1 rings (SSSR count). The van der Waals surface area contributed by atoms with Gasteiger partial charge in [0.2, 0.25) is 0 Å². The van der Waals surface area contributed by atoms with E-state index in [1.54, 1.807) is 12.1 Å². The molecule has 0 unspecified atom stereocenters. The molecule has 1 aromatic rings. The summed E-state index contributed by atoms with van der Waals surface area (Å²) in [6.45, 7) is 1.85. The van der Waals surface area contributed by atoms with Gasteiger partial charge in [0.25, 0.3) is 0 Å². The fourth-order valence-corrected chi connectivity index (χ4v) is 1.36. The number of halogens is 1. The van der Waals surface area contributed by atoms with E-state index < -0.39 is 0 Å². The number of aromatic nitrogens is 1. The summed E-state index contributed by atoms with van der Waals surface area (Å²) < 4.78 is 5.07. The third-order valence-electron chi connectivity index (χ3n) is 1.39. The number of hydrogen-bond acceptors (Lipinski definition) is 3. The number of aryl methyl sites for hydroxylation is 1. The highest BCUT2D eigenvalue weighted by Gasteiger charge is 2.10. The third-order valence-corrected chi connectivity index (χ3v) is 2.00. The Morgan fingerprint density at radius 2 is 2.25 bits per heavy atom. The Morgan fingerprint density at radius 1 is 1.58 bits per heavy atom. The van der Waals surface area contributed by atoms with Gasteiger partial charge in [0.1, 0.15) is 4.60 Å². The molecule has 0 aromatic carbocycles. The van der Waals surface area contributed by atoms with Crippen LogP contribution in [0, 0.1) is 6.92 Å². The standard InChI is InChI=1S/C8H8BrNO2/c1-5-3-4-6(7(9)10-5)8(11)12-2/h3-4H,1-2H3. The second-order valence-electron chi connectivity index (χ2n) is 2.28. The van der Waals surface area contributed by atoms with E-state index in [9.17, 15) is 4.79 Å². The van der Waals surface area contributed by atoms with Crippen molar-refractivity contribution in [3.05, 3.63) is 28.0 Å². The van der Waals surface area contributed by atoms with Crippen LogP contribution in [0.3, 0.4) is 0 Å². The Kier molecular flexibility index (Phi) is 2.81. The number of rotatable bonds is 1. The summed E-state index contributed by atoms with van der Waals surface area (Å²) in [4.78, 5) is 15.1. The largest absolute Gasteiger partial charge is 0.465 e. The molecule has 64 valence electrons. The normalized spacial score (nSPS) is 9.58. The maximum Gasteiger partial charge on any atom is 0.340 e. The molecule has 0 radical (unpaired) electrons. The Bertz CT molecular complexity index is 312. The zero-order valence-electron chi connectivity index (χ0n) is 6.80. The third kappa shape index (κ3) is 1.82. The average molecular weight is 230 g/mol. The van der Waals surface area contributed by atoms with E-state index in [2.05, 4.69) is 25.7 Å². The monoisotopic (exact) mass is 229 g/mol. The van der Waals surface area contributed by atoms with Crippen LogP contribution in [0.4, 0.5) is 0 Å². The second-order valence-corrected chi connectivity index (χ2v) is 3.03. The van der Waals surface area contributed by atoms with Gasteiger partial charge in [-0.15, -0.1) is 0 Å². The minimum absolute atomic E-state index is 0.380. The molecule has 4 heteroatoms. The van der Waals surface area contributed by atoms with Crippen molar-refractivity contribution in [3.8, 4) is 0 Å². The molecule has 1 heterocycles. The molecule has 0 saturated heterocycles. The quantitative estimate of drug-likeness (QED) is 0.546. The predicted molar refractivity (Wildman–Crippen MR) is 48.0 cm³/mol. The molecule has 0 bridgehead atoms. The van der Waals surface area contributed by atoms with Crippen LogP contribution >= 0.6 is 15.9 Å². The first kappa shape index (κ1) is 9.19. The van der Waals surface area contributed by atoms with E-state index >= 15 is 0 Å². The number of nitrogens with zero attached hydrogens (tertiary/aromatic N) is 1. The minimum Gasteiger partial charge on any atom is -0.465 e. The van der Waals surface area contributed by atoms with Crippen LogP contribution < -0.4 is 0 Å². The maximum atomic E-state index is 11.1. The van der Waals surface area contributed by atoms with Crippen LogP contribution in [-0.4, -0.2) is 18.1 Å². The lowest BCUT2D eigenvalue weighted by atomic mass is 10.2. The van der Waals surface area contributed by atoms with Gasteiger partial charge in [-0.25, -0.2) is 9.78 Å². The Labute approximate surface area is 78.9 Å². The second kappa shape index (κ2) is 3.67.